The highest BCUT2D eigenvalue weighted by Gasteiger charge is 2.19. The summed E-state index contributed by atoms with van der Waals surface area (Å²) in [5.74, 6) is -0.468. The van der Waals surface area contributed by atoms with Crippen molar-refractivity contribution in [3.63, 3.8) is 0 Å². The number of nitrogens with zero attached hydrogens (tertiary/aromatic N) is 5. The maximum absolute atomic E-state index is 13.2. The van der Waals surface area contributed by atoms with E-state index < -0.39 is 0 Å². The molecule has 8 nitrogen and oxygen atoms in total. The molecule has 4 rings (SSSR count). The largest absolute Gasteiger partial charge is 0.506 e. The van der Waals surface area contributed by atoms with Gasteiger partial charge in [-0.1, -0.05) is 36.4 Å². The summed E-state index contributed by atoms with van der Waals surface area (Å²) < 4.78 is 14.9. The fourth-order valence-corrected chi connectivity index (χ4v) is 3.59. The second-order valence-corrected chi connectivity index (χ2v) is 7.69. The average molecular weight is 467 g/mol. The molecule has 0 atom stereocenters. The molecule has 4 aromatic rings. The lowest BCUT2D eigenvalue weighted by molar-refractivity contribution is -0.126. The molecule has 2 aromatic carbocycles. The monoisotopic (exact) mass is 466 g/mol. The number of aromatic nitrogens is 4. The van der Waals surface area contributed by atoms with Crippen molar-refractivity contribution in [2.24, 2.45) is 0 Å². The highest BCUT2D eigenvalue weighted by atomic mass is 35.5. The zero-order valence-electron chi connectivity index (χ0n) is 17.4. The number of hydrogen-bond donors (Lipinski definition) is 2. The van der Waals surface area contributed by atoms with Crippen molar-refractivity contribution in [3.8, 4) is 17.0 Å². The molecule has 33 heavy (non-hydrogen) atoms. The predicted molar refractivity (Wildman–Crippen MR) is 124 cm³/mol. The molecule has 0 aliphatic heterocycles. The van der Waals surface area contributed by atoms with Gasteiger partial charge in [-0.05, 0) is 35.9 Å². The van der Waals surface area contributed by atoms with Crippen LogP contribution in [0.5, 0.6) is 5.75 Å². The second-order valence-electron chi connectivity index (χ2n) is 7.29. The molecule has 0 unspecified atom stereocenters. The molecule has 0 saturated carbocycles. The molecule has 0 bridgehead atoms. The molecule has 2 heterocycles. The van der Waals surface area contributed by atoms with Crippen LogP contribution < -0.4 is 5.73 Å². The molecular formula is C23H20ClFN6O2. The van der Waals surface area contributed by atoms with Crippen LogP contribution in [0.2, 0.25) is 5.02 Å². The van der Waals surface area contributed by atoms with E-state index in [1.807, 2.05) is 0 Å². The van der Waals surface area contributed by atoms with E-state index in [0.717, 1.165) is 5.56 Å². The number of amides is 1. The molecule has 168 valence electrons. The van der Waals surface area contributed by atoms with E-state index in [1.54, 1.807) is 33.8 Å². The highest BCUT2D eigenvalue weighted by Crippen LogP contribution is 2.34. The average Bonchev–Trinajstić information content (AvgIpc) is 3.19. The lowest BCUT2D eigenvalue weighted by atomic mass is 10.1. The lowest BCUT2D eigenvalue weighted by Gasteiger charge is -2.21. The van der Waals surface area contributed by atoms with E-state index in [1.165, 1.54) is 30.6 Å². The summed E-state index contributed by atoms with van der Waals surface area (Å²) >= 11 is 5.93. The number of rotatable bonds is 7. The minimum atomic E-state index is -0.346. The predicted octanol–water partition coefficient (Wildman–Crippen LogP) is 3.79. The molecule has 0 aliphatic rings. The number of carbonyl (C=O) groups excluding carboxylic acids is 1. The Morgan fingerprint density at radius 3 is 2.70 bits per heavy atom. The van der Waals surface area contributed by atoms with Crippen LogP contribution in [0, 0.1) is 5.82 Å². The van der Waals surface area contributed by atoms with Gasteiger partial charge in [-0.25, -0.2) is 19.0 Å². The summed E-state index contributed by atoms with van der Waals surface area (Å²) in [6.45, 7) is 4.43. The van der Waals surface area contributed by atoms with Crippen LogP contribution in [-0.4, -0.2) is 42.2 Å². The van der Waals surface area contributed by atoms with Gasteiger partial charge in [0.2, 0.25) is 5.91 Å². The minimum Gasteiger partial charge on any atom is -0.506 e. The molecular weight excluding hydrogens is 447 g/mol. The Balaban J connectivity index is 1.66. The fourth-order valence-electron chi connectivity index (χ4n) is 3.47. The number of fused-ring (bicyclic) bond motifs is 1. The summed E-state index contributed by atoms with van der Waals surface area (Å²) in [5, 5.41) is 15.4. The quantitative estimate of drug-likeness (QED) is 0.401. The second kappa shape index (κ2) is 9.25. The Morgan fingerprint density at radius 2 is 2.00 bits per heavy atom. The first-order valence-corrected chi connectivity index (χ1v) is 10.4. The summed E-state index contributed by atoms with van der Waals surface area (Å²) in [5.41, 5.74) is 8.45. The summed E-state index contributed by atoms with van der Waals surface area (Å²) in [6, 6.07) is 10.7. The summed E-state index contributed by atoms with van der Waals surface area (Å²) in [7, 11) is 0. The van der Waals surface area contributed by atoms with Crippen LogP contribution in [0.3, 0.4) is 0 Å². The van der Waals surface area contributed by atoms with Crippen LogP contribution >= 0.6 is 11.6 Å². The third-order valence-electron chi connectivity index (χ3n) is 5.13. The summed E-state index contributed by atoms with van der Waals surface area (Å²) in [6.07, 6.45) is 2.57. The standard InChI is InChI=1S/C23H20ClFN6O2/c1-2-19(33)30(12-14-3-6-16(25)7-4-14)9-10-31-23-20(22(26)27-13-28-23)21(29-31)15-5-8-17(24)18(32)11-15/h2-8,11,13,32H,1,9-10,12H2,(H2,26,27,28). The Morgan fingerprint density at radius 1 is 1.24 bits per heavy atom. The number of aromatic hydroxyl groups is 1. The van der Waals surface area contributed by atoms with Crippen molar-refractivity contribution in [2.75, 3.05) is 12.3 Å². The van der Waals surface area contributed by atoms with Gasteiger partial charge < -0.3 is 15.7 Å². The lowest BCUT2D eigenvalue weighted by Crippen LogP contribution is -2.32. The zero-order chi connectivity index (χ0) is 23.5. The van der Waals surface area contributed by atoms with Crippen LogP contribution in [0.25, 0.3) is 22.3 Å². The number of phenolic OH excluding ortho intramolecular Hbond substituents is 1. The van der Waals surface area contributed by atoms with Crippen molar-refractivity contribution in [1.29, 1.82) is 0 Å². The fraction of sp³-hybridized carbons (Fsp3) is 0.130. The van der Waals surface area contributed by atoms with E-state index in [2.05, 4.69) is 21.6 Å². The van der Waals surface area contributed by atoms with Gasteiger partial charge in [0.25, 0.3) is 0 Å². The number of hydrogen-bond acceptors (Lipinski definition) is 6. The number of nitrogens with two attached hydrogens (primary N) is 1. The highest BCUT2D eigenvalue weighted by molar-refractivity contribution is 6.32. The molecule has 0 radical (unpaired) electrons. The van der Waals surface area contributed by atoms with Crippen molar-refractivity contribution < 1.29 is 14.3 Å². The SMILES string of the molecule is C=CC(=O)N(CCn1nc(-c2ccc(Cl)c(O)c2)c2c(N)ncnc21)Cc1ccc(F)cc1. The van der Waals surface area contributed by atoms with E-state index in [9.17, 15) is 14.3 Å². The third-order valence-corrected chi connectivity index (χ3v) is 5.45. The first kappa shape index (κ1) is 22.2. The van der Waals surface area contributed by atoms with Crippen molar-refractivity contribution in [2.45, 2.75) is 13.1 Å². The maximum atomic E-state index is 13.2. The zero-order valence-corrected chi connectivity index (χ0v) is 18.2. The van der Waals surface area contributed by atoms with Gasteiger partial charge in [-0.2, -0.15) is 5.10 Å². The first-order chi connectivity index (χ1) is 15.9. The third kappa shape index (κ3) is 4.63. The van der Waals surface area contributed by atoms with Crippen LogP contribution in [0.1, 0.15) is 5.56 Å². The first-order valence-electron chi connectivity index (χ1n) is 9.99. The van der Waals surface area contributed by atoms with Gasteiger partial charge in [0.15, 0.2) is 5.65 Å². The van der Waals surface area contributed by atoms with Gasteiger partial charge in [-0.15, -0.1) is 0 Å². The van der Waals surface area contributed by atoms with Gasteiger partial charge in [0.05, 0.1) is 17.0 Å². The van der Waals surface area contributed by atoms with E-state index in [0.29, 0.717) is 28.8 Å². The van der Waals surface area contributed by atoms with Crippen molar-refractivity contribution >= 4 is 34.4 Å². The van der Waals surface area contributed by atoms with Gasteiger partial charge in [0, 0.05) is 18.7 Å². The number of carbonyl (C=O) groups is 1. The van der Waals surface area contributed by atoms with Gasteiger partial charge in [-0.3, -0.25) is 4.79 Å². The smallest absolute Gasteiger partial charge is 0.246 e. The maximum Gasteiger partial charge on any atom is 0.246 e. The van der Waals surface area contributed by atoms with Crippen molar-refractivity contribution in [1.82, 2.24) is 24.6 Å². The van der Waals surface area contributed by atoms with Crippen molar-refractivity contribution in [3.05, 3.63) is 77.9 Å². The molecule has 0 spiro atoms. The number of phenols is 1. The van der Waals surface area contributed by atoms with Crippen LogP contribution in [0.15, 0.2) is 61.4 Å². The molecule has 3 N–H and O–H groups in total. The molecule has 10 heteroatoms. The number of benzene rings is 2. The van der Waals surface area contributed by atoms with Crippen LogP contribution in [0.4, 0.5) is 10.2 Å². The number of halogens is 2. The van der Waals surface area contributed by atoms with E-state index >= 15 is 0 Å². The van der Waals surface area contributed by atoms with Gasteiger partial charge in [0.1, 0.15) is 29.4 Å². The number of nitrogen functional groups attached to an aromatic ring is 1. The molecule has 0 saturated heterocycles. The topological polar surface area (TPSA) is 110 Å². The Bertz CT molecular complexity index is 1340. The van der Waals surface area contributed by atoms with Crippen LogP contribution in [-0.2, 0) is 17.9 Å². The Hall–Kier alpha value is -3.98. The van der Waals surface area contributed by atoms with E-state index in [4.69, 9.17) is 17.3 Å². The van der Waals surface area contributed by atoms with E-state index in [-0.39, 0.29) is 41.4 Å². The minimum absolute atomic E-state index is 0.0886. The molecule has 1 amide bonds. The molecule has 0 aliphatic carbocycles. The normalized spacial score (nSPS) is 11.0. The van der Waals surface area contributed by atoms with Gasteiger partial charge >= 0.3 is 0 Å². The molecule has 0 fully saturated rings. The molecule has 2 aromatic heterocycles. The Labute approximate surface area is 193 Å². The number of anilines is 1. The summed E-state index contributed by atoms with van der Waals surface area (Å²) in [4.78, 5) is 22.4. The Kier molecular flexibility index (Phi) is 6.23.